The molecular weight excluding hydrogens is 626 g/mol. The molecule has 10 nitrogen and oxygen atoms in total. The fourth-order valence-electron chi connectivity index (χ4n) is 6.72. The highest BCUT2D eigenvalue weighted by Crippen LogP contribution is 2.59. The lowest BCUT2D eigenvalue weighted by molar-refractivity contribution is -0.209. The Balaban J connectivity index is 1.15. The number of esters is 2. The molecule has 1 saturated heterocycles. The Morgan fingerprint density at radius 3 is 2.45 bits per heavy atom. The lowest BCUT2D eigenvalue weighted by Gasteiger charge is -2.31. The first-order chi connectivity index (χ1) is 23.4. The molecule has 2 aromatic rings. The van der Waals surface area contributed by atoms with Crippen molar-refractivity contribution in [3.8, 4) is 5.75 Å². The molecule has 0 aromatic heterocycles. The van der Waals surface area contributed by atoms with Gasteiger partial charge < -0.3 is 34.5 Å². The Morgan fingerprint density at radius 2 is 1.78 bits per heavy atom. The van der Waals surface area contributed by atoms with Gasteiger partial charge in [-0.1, -0.05) is 42.5 Å². The Hall–Kier alpha value is -3.99. The second-order valence-corrected chi connectivity index (χ2v) is 14.6. The van der Waals surface area contributed by atoms with Crippen LogP contribution in [0.3, 0.4) is 0 Å². The molecule has 1 amide bonds. The van der Waals surface area contributed by atoms with Crippen molar-refractivity contribution in [3.05, 3.63) is 82.9 Å². The number of phenolic OH excluding ortho intramolecular Hbond substituents is 1. The average Bonchev–Trinajstić information content (AvgIpc) is 4.00. The molecule has 0 spiro atoms. The number of benzene rings is 2. The van der Waals surface area contributed by atoms with Crippen LogP contribution in [0, 0.1) is 11.8 Å². The largest absolute Gasteiger partial charge is 0.508 e. The molecule has 4 unspecified atom stereocenters. The van der Waals surface area contributed by atoms with Gasteiger partial charge in [0.25, 0.3) is 0 Å². The van der Waals surface area contributed by atoms with E-state index in [2.05, 4.69) is 5.32 Å². The molecule has 2 saturated carbocycles. The van der Waals surface area contributed by atoms with E-state index in [1.807, 2.05) is 30.4 Å². The van der Waals surface area contributed by atoms with E-state index in [4.69, 9.17) is 18.9 Å². The van der Waals surface area contributed by atoms with Crippen LogP contribution in [0.2, 0.25) is 0 Å². The van der Waals surface area contributed by atoms with Crippen LogP contribution >= 0.6 is 0 Å². The summed E-state index contributed by atoms with van der Waals surface area (Å²) in [4.78, 5) is 39.5. The minimum Gasteiger partial charge on any atom is -0.508 e. The van der Waals surface area contributed by atoms with Crippen LogP contribution in [0.25, 0.3) is 6.08 Å². The van der Waals surface area contributed by atoms with Crippen molar-refractivity contribution >= 4 is 23.9 Å². The average molecular weight is 674 g/mol. The van der Waals surface area contributed by atoms with Crippen molar-refractivity contribution in [2.24, 2.45) is 11.8 Å². The normalized spacial score (nSPS) is 23.8. The molecule has 6 rings (SSSR count). The Morgan fingerprint density at radius 1 is 1.04 bits per heavy atom. The fourth-order valence-corrected chi connectivity index (χ4v) is 6.72. The molecule has 49 heavy (non-hydrogen) atoms. The quantitative estimate of drug-likeness (QED) is 0.238. The standard InChI is InChI=1S/C39H47NO9/c1-38(2,3)48-34(43)19-18-30(23-41)40-36(44)27-21-32(35-33(22-27)47-39(49-35,28-14-15-28)29-16-17-29)46-37(45)26-12-7-9-24(20-26)8-6-11-25-10-4-5-13-31(25)42/h4-10,12-13,20,22,28-30,32-33,35,41-42H,11,14-19,21,23H2,1-3H3,(H,40,44). The number of rotatable bonds is 13. The van der Waals surface area contributed by atoms with E-state index in [1.54, 1.807) is 57.2 Å². The second kappa shape index (κ2) is 14.5. The van der Waals surface area contributed by atoms with E-state index in [1.165, 1.54) is 0 Å². The van der Waals surface area contributed by atoms with Crippen molar-refractivity contribution in [2.45, 2.75) is 108 Å². The third-order valence-corrected chi connectivity index (χ3v) is 9.39. The summed E-state index contributed by atoms with van der Waals surface area (Å²) < 4.78 is 24.9. The highest BCUT2D eigenvalue weighted by atomic mass is 16.8. The zero-order valence-electron chi connectivity index (χ0n) is 28.4. The van der Waals surface area contributed by atoms with Crippen molar-refractivity contribution in [1.29, 1.82) is 0 Å². The molecule has 1 heterocycles. The van der Waals surface area contributed by atoms with E-state index >= 15 is 0 Å². The summed E-state index contributed by atoms with van der Waals surface area (Å²) in [5.74, 6) is -1.31. The number of phenols is 1. The Labute approximate surface area is 287 Å². The predicted molar refractivity (Wildman–Crippen MR) is 181 cm³/mol. The zero-order valence-corrected chi connectivity index (χ0v) is 28.4. The number of ether oxygens (including phenoxy) is 4. The number of hydrogen-bond acceptors (Lipinski definition) is 9. The molecule has 3 N–H and O–H groups in total. The first kappa shape index (κ1) is 34.9. The lowest BCUT2D eigenvalue weighted by atomic mass is 9.91. The van der Waals surface area contributed by atoms with E-state index in [9.17, 15) is 24.6 Å². The molecule has 3 fully saturated rings. The number of hydrogen-bond donors (Lipinski definition) is 3. The summed E-state index contributed by atoms with van der Waals surface area (Å²) in [6.07, 6.45) is 8.59. The minimum atomic E-state index is -0.780. The molecule has 0 radical (unpaired) electrons. The van der Waals surface area contributed by atoms with Gasteiger partial charge in [-0.25, -0.2) is 4.79 Å². The van der Waals surface area contributed by atoms with Gasteiger partial charge in [-0.3, -0.25) is 9.59 Å². The Kier molecular flexibility index (Phi) is 10.3. The number of aliphatic hydroxyl groups excluding tert-OH is 1. The third kappa shape index (κ3) is 8.60. The van der Waals surface area contributed by atoms with Crippen molar-refractivity contribution in [1.82, 2.24) is 5.32 Å². The summed E-state index contributed by atoms with van der Waals surface area (Å²) in [7, 11) is 0. The van der Waals surface area contributed by atoms with E-state index in [0.29, 0.717) is 17.6 Å². The van der Waals surface area contributed by atoms with Crippen LogP contribution in [-0.2, 0) is 35.0 Å². The molecule has 4 aliphatic rings. The number of allylic oxidation sites excluding steroid dienone is 1. The molecule has 10 heteroatoms. The predicted octanol–water partition coefficient (Wildman–Crippen LogP) is 5.40. The number of carbonyl (C=O) groups excluding carboxylic acids is 3. The molecule has 0 bridgehead atoms. The second-order valence-electron chi connectivity index (χ2n) is 14.6. The summed E-state index contributed by atoms with van der Waals surface area (Å²) in [5, 5.41) is 22.9. The van der Waals surface area contributed by atoms with Crippen LogP contribution in [0.15, 0.2) is 66.3 Å². The molecule has 4 atom stereocenters. The Bertz CT molecular complexity index is 1590. The SMILES string of the molecule is CC(C)(C)OC(=O)CCC(CO)NC(=O)C1=CC2OC(C3CC3)(C3CC3)OC2C(OC(=O)c2cccc(C=CCc3ccccc3O)c2)C1. The van der Waals surface area contributed by atoms with Gasteiger partial charge >= 0.3 is 11.9 Å². The third-order valence-electron chi connectivity index (χ3n) is 9.39. The van der Waals surface area contributed by atoms with Crippen LogP contribution in [0.1, 0.15) is 87.2 Å². The van der Waals surface area contributed by atoms with Crippen molar-refractivity contribution in [3.63, 3.8) is 0 Å². The maximum Gasteiger partial charge on any atom is 0.338 e. The highest BCUT2D eigenvalue weighted by Gasteiger charge is 2.64. The van der Waals surface area contributed by atoms with Gasteiger partial charge in [0.15, 0.2) is 5.79 Å². The number of aliphatic hydroxyl groups is 1. The summed E-state index contributed by atoms with van der Waals surface area (Å²) >= 11 is 0. The van der Waals surface area contributed by atoms with Crippen LogP contribution < -0.4 is 5.32 Å². The fraction of sp³-hybridized carbons (Fsp3) is 0.513. The monoisotopic (exact) mass is 673 g/mol. The maximum atomic E-state index is 13.6. The van der Waals surface area contributed by atoms with E-state index < -0.39 is 53.6 Å². The van der Waals surface area contributed by atoms with Gasteiger partial charge in [0.1, 0.15) is 29.7 Å². The highest BCUT2D eigenvalue weighted by molar-refractivity contribution is 5.94. The lowest BCUT2D eigenvalue weighted by Crippen LogP contribution is -2.45. The molecule has 2 aromatic carbocycles. The first-order valence-electron chi connectivity index (χ1n) is 17.4. The molecule has 3 aliphatic carbocycles. The number of nitrogens with one attached hydrogen (secondary N) is 1. The van der Waals surface area contributed by atoms with Gasteiger partial charge in [-0.15, -0.1) is 0 Å². The zero-order chi connectivity index (χ0) is 34.8. The number of amides is 1. The molecule has 1 aliphatic heterocycles. The van der Waals surface area contributed by atoms with Crippen LogP contribution in [-0.4, -0.2) is 70.4 Å². The number of para-hydroxylation sites is 1. The summed E-state index contributed by atoms with van der Waals surface area (Å²) in [6, 6.07) is 13.6. The smallest absolute Gasteiger partial charge is 0.338 e. The van der Waals surface area contributed by atoms with E-state index in [-0.39, 0.29) is 43.5 Å². The summed E-state index contributed by atoms with van der Waals surface area (Å²) in [6.45, 7) is 5.00. The number of aromatic hydroxyl groups is 1. The van der Waals surface area contributed by atoms with Gasteiger partial charge in [0, 0.05) is 30.3 Å². The number of carbonyl (C=O) groups is 3. The van der Waals surface area contributed by atoms with Crippen molar-refractivity contribution < 1.29 is 43.5 Å². The van der Waals surface area contributed by atoms with Crippen LogP contribution in [0.5, 0.6) is 5.75 Å². The summed E-state index contributed by atoms with van der Waals surface area (Å²) in [5.41, 5.74) is 1.71. The molecular formula is C39H47NO9. The van der Waals surface area contributed by atoms with Crippen LogP contribution in [0.4, 0.5) is 0 Å². The van der Waals surface area contributed by atoms with Gasteiger partial charge in [0.05, 0.1) is 18.2 Å². The van der Waals surface area contributed by atoms with Gasteiger partial charge in [0.2, 0.25) is 5.91 Å². The minimum absolute atomic E-state index is 0.0397. The van der Waals surface area contributed by atoms with Crippen molar-refractivity contribution in [2.75, 3.05) is 6.61 Å². The van der Waals surface area contributed by atoms with Gasteiger partial charge in [-0.05, 0) is 94.7 Å². The first-order valence-corrected chi connectivity index (χ1v) is 17.4. The van der Waals surface area contributed by atoms with E-state index in [0.717, 1.165) is 36.8 Å². The maximum absolute atomic E-state index is 13.6. The molecule has 262 valence electrons. The van der Waals surface area contributed by atoms with Gasteiger partial charge in [-0.2, -0.15) is 0 Å². The topological polar surface area (TPSA) is 141 Å². The number of fused-ring (bicyclic) bond motifs is 1.